The summed E-state index contributed by atoms with van der Waals surface area (Å²) in [6.07, 6.45) is 6.27. The van der Waals surface area contributed by atoms with E-state index in [9.17, 15) is 9.59 Å². The molecule has 0 aromatic heterocycles. The number of ether oxygens (including phenoxy) is 2. The Kier molecular flexibility index (Phi) is 8.68. The number of rotatable bonds is 8. The van der Waals surface area contributed by atoms with Crippen molar-refractivity contribution in [1.29, 1.82) is 0 Å². The van der Waals surface area contributed by atoms with E-state index in [-0.39, 0.29) is 18.7 Å². The van der Waals surface area contributed by atoms with E-state index in [0.717, 1.165) is 37.2 Å². The van der Waals surface area contributed by atoms with E-state index in [1.165, 1.54) is 32.4 Å². The van der Waals surface area contributed by atoms with Gasteiger partial charge in [-0.3, -0.25) is 4.90 Å². The zero-order valence-corrected chi connectivity index (χ0v) is 21.3. The van der Waals surface area contributed by atoms with Crippen molar-refractivity contribution >= 4 is 12.0 Å². The Hall–Kier alpha value is -2.58. The average molecular weight is 485 g/mol. The van der Waals surface area contributed by atoms with E-state index in [1.807, 2.05) is 38.1 Å². The highest BCUT2D eigenvalue weighted by Crippen LogP contribution is 2.30. The number of amides is 2. The number of likely N-dealkylation sites (tertiary alicyclic amines) is 2. The highest BCUT2D eigenvalue weighted by molar-refractivity contribution is 5.95. The maximum atomic E-state index is 13.1. The number of benzene rings is 1. The second-order valence-electron chi connectivity index (χ2n) is 9.98. The summed E-state index contributed by atoms with van der Waals surface area (Å²) < 4.78 is 11.2. The minimum absolute atomic E-state index is 0.0695. The zero-order valence-electron chi connectivity index (χ0n) is 21.3. The summed E-state index contributed by atoms with van der Waals surface area (Å²) in [6.45, 7) is 10.9. The molecule has 3 aliphatic heterocycles. The van der Waals surface area contributed by atoms with Crippen molar-refractivity contribution in [2.24, 2.45) is 0 Å². The summed E-state index contributed by atoms with van der Waals surface area (Å²) in [5.74, 6) is 0.355. The fourth-order valence-electron chi connectivity index (χ4n) is 5.40. The number of nitrogens with one attached hydrogen (secondary N) is 2. The van der Waals surface area contributed by atoms with Gasteiger partial charge in [-0.05, 0) is 77.2 Å². The maximum absolute atomic E-state index is 13.1. The molecule has 0 radical (unpaired) electrons. The molecule has 3 aliphatic rings. The smallest absolute Gasteiger partial charge is 0.338 e. The predicted molar refractivity (Wildman–Crippen MR) is 135 cm³/mol. The van der Waals surface area contributed by atoms with E-state index in [4.69, 9.17) is 9.47 Å². The first kappa shape index (κ1) is 25.5. The number of hydrogen-bond acceptors (Lipinski definition) is 6. The van der Waals surface area contributed by atoms with Crippen LogP contribution in [0.3, 0.4) is 0 Å². The molecule has 0 saturated carbocycles. The quantitative estimate of drug-likeness (QED) is 0.549. The summed E-state index contributed by atoms with van der Waals surface area (Å²) in [5, 5.41) is 5.84. The van der Waals surface area contributed by atoms with Crippen molar-refractivity contribution in [2.75, 3.05) is 39.3 Å². The molecule has 8 nitrogen and oxygen atoms in total. The van der Waals surface area contributed by atoms with Crippen LogP contribution in [0.15, 0.2) is 35.5 Å². The third-order valence-electron chi connectivity index (χ3n) is 7.08. The Labute approximate surface area is 209 Å². The lowest BCUT2D eigenvalue weighted by atomic mass is 9.94. The van der Waals surface area contributed by atoms with Gasteiger partial charge in [-0.25, -0.2) is 9.59 Å². The summed E-state index contributed by atoms with van der Waals surface area (Å²) in [7, 11) is 0. The van der Waals surface area contributed by atoms with Gasteiger partial charge in [0.2, 0.25) is 0 Å². The molecule has 192 valence electrons. The van der Waals surface area contributed by atoms with Gasteiger partial charge in [0.25, 0.3) is 0 Å². The first-order valence-electron chi connectivity index (χ1n) is 13.1. The topological polar surface area (TPSA) is 83.1 Å². The summed E-state index contributed by atoms with van der Waals surface area (Å²) >= 11 is 0. The Balaban J connectivity index is 1.51. The molecule has 0 bridgehead atoms. The first-order valence-corrected chi connectivity index (χ1v) is 13.1. The van der Waals surface area contributed by atoms with Gasteiger partial charge in [-0.2, -0.15) is 0 Å². The molecule has 8 heteroatoms. The average Bonchev–Trinajstić information content (AvgIpc) is 2.85. The van der Waals surface area contributed by atoms with Crippen LogP contribution in [0.5, 0.6) is 5.75 Å². The minimum atomic E-state index is -0.572. The van der Waals surface area contributed by atoms with Crippen LogP contribution in [-0.2, 0) is 9.53 Å². The second kappa shape index (κ2) is 11.9. The Morgan fingerprint density at radius 1 is 1.06 bits per heavy atom. The van der Waals surface area contributed by atoms with E-state index < -0.39 is 12.0 Å². The van der Waals surface area contributed by atoms with Crippen molar-refractivity contribution in [1.82, 2.24) is 20.4 Å². The van der Waals surface area contributed by atoms with Crippen molar-refractivity contribution in [3.05, 3.63) is 41.1 Å². The van der Waals surface area contributed by atoms with E-state index in [2.05, 4.69) is 20.4 Å². The highest BCUT2D eigenvalue weighted by atomic mass is 16.5. The van der Waals surface area contributed by atoms with Crippen LogP contribution in [0.4, 0.5) is 4.79 Å². The fraction of sp³-hybridized carbons (Fsp3) is 0.630. The van der Waals surface area contributed by atoms with Crippen molar-refractivity contribution < 1.29 is 19.1 Å². The monoisotopic (exact) mass is 484 g/mol. The number of piperidine rings is 2. The van der Waals surface area contributed by atoms with E-state index in [1.54, 1.807) is 6.92 Å². The normalized spacial score (nSPS) is 22.6. The van der Waals surface area contributed by atoms with Gasteiger partial charge in [0, 0.05) is 31.4 Å². The van der Waals surface area contributed by atoms with E-state index in [0.29, 0.717) is 23.9 Å². The highest BCUT2D eigenvalue weighted by Gasteiger charge is 2.35. The minimum Gasteiger partial charge on any atom is -0.491 e. The number of esters is 1. The van der Waals surface area contributed by atoms with Gasteiger partial charge in [-0.15, -0.1) is 0 Å². The maximum Gasteiger partial charge on any atom is 0.338 e. The summed E-state index contributed by atoms with van der Waals surface area (Å²) in [6, 6.07) is 7.31. The molecule has 2 fully saturated rings. The van der Waals surface area contributed by atoms with Crippen LogP contribution in [0, 0.1) is 0 Å². The largest absolute Gasteiger partial charge is 0.491 e. The van der Waals surface area contributed by atoms with Gasteiger partial charge >= 0.3 is 12.0 Å². The van der Waals surface area contributed by atoms with Crippen LogP contribution in [0.25, 0.3) is 0 Å². The van der Waals surface area contributed by atoms with Crippen molar-refractivity contribution in [3.63, 3.8) is 0 Å². The molecule has 1 atom stereocenters. The molecule has 2 saturated heterocycles. The molecule has 0 unspecified atom stereocenters. The van der Waals surface area contributed by atoms with E-state index >= 15 is 0 Å². The molecule has 2 amide bonds. The Bertz CT molecular complexity index is 900. The standard InChI is InChI=1S/C27H40N4O4/c1-4-34-26(32)24-23(18-30-16-12-21(13-17-30)31-14-6-5-7-15-31)28-27(33)29-25(24)20-8-10-22(11-9-20)35-19(2)3/h8-11,19,21,25H,4-7,12-18H2,1-3H3,(H2,28,29,33)/t25-/m0/s1. The van der Waals surface area contributed by atoms with Crippen LogP contribution < -0.4 is 15.4 Å². The number of carbonyl (C=O) groups is 2. The van der Waals surface area contributed by atoms with Gasteiger partial charge in [0.05, 0.1) is 24.3 Å². The third kappa shape index (κ3) is 6.55. The number of urea groups is 1. The lowest BCUT2D eigenvalue weighted by Crippen LogP contribution is -2.51. The SMILES string of the molecule is CCOC(=O)C1=C(CN2CCC(N3CCCCC3)CC2)NC(=O)N[C@H]1c1ccc(OC(C)C)cc1. The molecule has 1 aromatic rings. The zero-order chi connectivity index (χ0) is 24.8. The first-order chi connectivity index (χ1) is 16.9. The second-order valence-corrected chi connectivity index (χ2v) is 9.98. The third-order valence-corrected chi connectivity index (χ3v) is 7.08. The van der Waals surface area contributed by atoms with Crippen molar-refractivity contribution in [2.45, 2.75) is 71.1 Å². The molecule has 4 rings (SSSR count). The molecular weight excluding hydrogens is 444 g/mol. The van der Waals surface area contributed by atoms with Gasteiger partial charge in [0.15, 0.2) is 0 Å². The molecule has 0 aliphatic carbocycles. The van der Waals surface area contributed by atoms with Gasteiger partial charge < -0.3 is 25.0 Å². The Morgan fingerprint density at radius 3 is 2.37 bits per heavy atom. The number of hydrogen-bond donors (Lipinski definition) is 2. The molecular formula is C27H40N4O4. The molecule has 35 heavy (non-hydrogen) atoms. The van der Waals surface area contributed by atoms with Crippen LogP contribution in [0.1, 0.15) is 64.5 Å². The lowest BCUT2D eigenvalue weighted by molar-refractivity contribution is -0.139. The molecule has 2 N–H and O–H groups in total. The van der Waals surface area contributed by atoms with Gasteiger partial charge in [0.1, 0.15) is 5.75 Å². The lowest BCUT2D eigenvalue weighted by Gasteiger charge is -2.41. The van der Waals surface area contributed by atoms with Crippen LogP contribution in [-0.4, -0.2) is 73.3 Å². The van der Waals surface area contributed by atoms with Gasteiger partial charge in [-0.1, -0.05) is 18.6 Å². The predicted octanol–water partition coefficient (Wildman–Crippen LogP) is 3.60. The summed E-state index contributed by atoms with van der Waals surface area (Å²) in [4.78, 5) is 30.7. The summed E-state index contributed by atoms with van der Waals surface area (Å²) in [5.41, 5.74) is 1.93. The molecule has 1 aromatic carbocycles. The Morgan fingerprint density at radius 2 is 1.74 bits per heavy atom. The van der Waals surface area contributed by atoms with Crippen molar-refractivity contribution in [3.8, 4) is 5.75 Å². The van der Waals surface area contributed by atoms with Crippen LogP contribution >= 0.6 is 0 Å². The van der Waals surface area contributed by atoms with Crippen LogP contribution in [0.2, 0.25) is 0 Å². The number of carbonyl (C=O) groups excluding carboxylic acids is 2. The molecule has 3 heterocycles. The number of nitrogens with zero attached hydrogens (tertiary/aromatic N) is 2. The molecule has 0 spiro atoms. The fourth-order valence-corrected chi connectivity index (χ4v) is 5.40.